The summed E-state index contributed by atoms with van der Waals surface area (Å²) >= 11 is 0. The van der Waals surface area contributed by atoms with Crippen LogP contribution < -0.4 is 5.32 Å². The van der Waals surface area contributed by atoms with Gasteiger partial charge in [0.25, 0.3) is 0 Å². The minimum absolute atomic E-state index is 0.592. The fourth-order valence-electron chi connectivity index (χ4n) is 2.15. The van der Waals surface area contributed by atoms with Gasteiger partial charge in [0.15, 0.2) is 0 Å². The normalized spacial score (nSPS) is 10.6. The monoisotopic (exact) mass is 252 g/mol. The molecule has 0 radical (unpaired) electrons. The van der Waals surface area contributed by atoms with Gasteiger partial charge in [-0.1, -0.05) is 0 Å². The number of imidazole rings is 2. The average Bonchev–Trinajstić information content (AvgIpc) is 3.03. The zero-order valence-corrected chi connectivity index (χ0v) is 10.6. The van der Waals surface area contributed by atoms with Crippen LogP contribution in [0.25, 0.3) is 11.0 Å². The smallest absolute Gasteiger partial charge is 0.204 e. The summed E-state index contributed by atoms with van der Waals surface area (Å²) in [4.78, 5) is 11.4. The maximum atomic E-state index is 9.28. The molecule has 6 heteroatoms. The number of aryl methyl sites for hydroxylation is 2. The van der Waals surface area contributed by atoms with Crippen molar-refractivity contribution in [1.82, 2.24) is 19.5 Å². The summed E-state index contributed by atoms with van der Waals surface area (Å²) in [7, 11) is 1.88. The summed E-state index contributed by atoms with van der Waals surface area (Å²) in [5, 5.41) is 12.4. The van der Waals surface area contributed by atoms with Crippen LogP contribution in [0.4, 0.5) is 11.6 Å². The van der Waals surface area contributed by atoms with Gasteiger partial charge in [0.1, 0.15) is 6.07 Å². The van der Waals surface area contributed by atoms with E-state index >= 15 is 0 Å². The van der Waals surface area contributed by atoms with E-state index in [0.29, 0.717) is 11.5 Å². The van der Waals surface area contributed by atoms with Gasteiger partial charge in [-0.3, -0.25) is 0 Å². The zero-order valence-electron chi connectivity index (χ0n) is 10.6. The summed E-state index contributed by atoms with van der Waals surface area (Å²) in [5.74, 6) is 0.641. The molecule has 2 heterocycles. The van der Waals surface area contributed by atoms with Gasteiger partial charge in [0.05, 0.1) is 22.9 Å². The molecule has 0 fully saturated rings. The van der Waals surface area contributed by atoms with Crippen molar-refractivity contribution in [2.45, 2.75) is 6.92 Å². The van der Waals surface area contributed by atoms with E-state index in [1.807, 2.05) is 24.6 Å². The molecule has 0 saturated heterocycles. The first kappa shape index (κ1) is 11.3. The third-order valence-corrected chi connectivity index (χ3v) is 3.11. The number of nitriles is 1. The Morgan fingerprint density at radius 1 is 1.42 bits per heavy atom. The molecule has 1 aromatic carbocycles. The van der Waals surface area contributed by atoms with E-state index in [1.165, 1.54) is 0 Å². The highest BCUT2D eigenvalue weighted by Crippen LogP contribution is 2.28. The van der Waals surface area contributed by atoms with Crippen molar-refractivity contribution in [3.63, 3.8) is 0 Å². The Morgan fingerprint density at radius 2 is 2.26 bits per heavy atom. The maximum Gasteiger partial charge on any atom is 0.204 e. The lowest BCUT2D eigenvalue weighted by molar-refractivity contribution is 0.946. The molecule has 0 aliphatic rings. The van der Waals surface area contributed by atoms with Crippen molar-refractivity contribution in [1.29, 1.82) is 5.26 Å². The summed E-state index contributed by atoms with van der Waals surface area (Å²) in [6.45, 7) is 1.97. The third-order valence-electron chi connectivity index (χ3n) is 3.11. The number of hydrogen-bond donors (Lipinski definition) is 2. The van der Waals surface area contributed by atoms with Crippen LogP contribution in [-0.2, 0) is 7.05 Å². The molecular formula is C13H12N6. The predicted molar refractivity (Wildman–Crippen MR) is 72.0 cm³/mol. The molecule has 0 saturated carbocycles. The van der Waals surface area contributed by atoms with Gasteiger partial charge < -0.3 is 14.9 Å². The maximum absolute atomic E-state index is 9.28. The zero-order chi connectivity index (χ0) is 13.4. The number of benzene rings is 1. The van der Waals surface area contributed by atoms with Gasteiger partial charge >= 0.3 is 0 Å². The number of aromatic amines is 1. The fourth-order valence-corrected chi connectivity index (χ4v) is 2.15. The highest BCUT2D eigenvalue weighted by Gasteiger charge is 2.13. The molecule has 0 aliphatic heterocycles. The number of anilines is 2. The minimum atomic E-state index is 0.592. The number of rotatable bonds is 2. The molecule has 2 N–H and O–H groups in total. The number of H-pyrrole nitrogens is 1. The summed E-state index contributed by atoms with van der Waals surface area (Å²) in [5.41, 5.74) is 4.10. The first-order valence-electron chi connectivity index (χ1n) is 5.82. The Bertz CT molecular complexity index is 776. The highest BCUT2D eigenvalue weighted by molar-refractivity contribution is 5.90. The van der Waals surface area contributed by atoms with Crippen LogP contribution in [0.3, 0.4) is 0 Å². The van der Waals surface area contributed by atoms with Crippen LogP contribution in [0.2, 0.25) is 0 Å². The third kappa shape index (κ3) is 1.72. The van der Waals surface area contributed by atoms with Gasteiger partial charge in [0, 0.05) is 30.7 Å². The second-order valence-electron chi connectivity index (χ2n) is 4.32. The van der Waals surface area contributed by atoms with Gasteiger partial charge in [-0.05, 0) is 13.0 Å². The Hall–Kier alpha value is -2.81. The van der Waals surface area contributed by atoms with Crippen molar-refractivity contribution >= 4 is 22.7 Å². The van der Waals surface area contributed by atoms with Gasteiger partial charge in [-0.2, -0.15) is 5.26 Å². The minimum Gasteiger partial charge on any atom is -0.333 e. The SMILES string of the molecule is Cc1c(Nc2ncc[nH]2)cc(C#N)c2c1ncn2C. The van der Waals surface area contributed by atoms with Crippen LogP contribution in [0.1, 0.15) is 11.1 Å². The average molecular weight is 252 g/mol. The Kier molecular flexibility index (Phi) is 2.46. The lowest BCUT2D eigenvalue weighted by atomic mass is 10.1. The second kappa shape index (κ2) is 4.14. The standard InChI is InChI=1S/C13H12N6/c1-8-10(18-13-15-3-4-16-13)5-9(6-14)12-11(8)17-7-19(12)2/h3-5,7H,1-2H3,(H2,15,16,18). The Balaban J connectivity index is 2.21. The quantitative estimate of drug-likeness (QED) is 0.732. The van der Waals surface area contributed by atoms with Crippen LogP contribution in [0.5, 0.6) is 0 Å². The van der Waals surface area contributed by atoms with Gasteiger partial charge in [-0.25, -0.2) is 9.97 Å². The molecule has 0 unspecified atom stereocenters. The number of hydrogen-bond acceptors (Lipinski definition) is 4. The molecule has 2 aromatic heterocycles. The fraction of sp³-hybridized carbons (Fsp3) is 0.154. The molecule has 3 rings (SSSR count). The molecule has 0 amide bonds. The van der Waals surface area contributed by atoms with Gasteiger partial charge in [0.2, 0.25) is 5.95 Å². The Morgan fingerprint density at radius 3 is 2.95 bits per heavy atom. The number of aromatic nitrogens is 4. The second-order valence-corrected chi connectivity index (χ2v) is 4.32. The molecule has 19 heavy (non-hydrogen) atoms. The molecular weight excluding hydrogens is 240 g/mol. The summed E-state index contributed by atoms with van der Waals surface area (Å²) in [6.07, 6.45) is 5.12. The summed E-state index contributed by atoms with van der Waals surface area (Å²) in [6, 6.07) is 4.03. The van der Waals surface area contributed by atoms with E-state index in [1.54, 1.807) is 18.7 Å². The van der Waals surface area contributed by atoms with Crippen LogP contribution >= 0.6 is 0 Å². The lowest BCUT2D eigenvalue weighted by Crippen LogP contribution is -1.98. The molecule has 94 valence electrons. The van der Waals surface area contributed by atoms with E-state index in [9.17, 15) is 5.26 Å². The highest BCUT2D eigenvalue weighted by atomic mass is 15.1. The number of fused-ring (bicyclic) bond motifs is 1. The van der Waals surface area contributed by atoms with Crippen molar-refractivity contribution in [2.24, 2.45) is 7.05 Å². The molecule has 6 nitrogen and oxygen atoms in total. The summed E-state index contributed by atoms with van der Waals surface area (Å²) < 4.78 is 1.86. The first-order valence-corrected chi connectivity index (χ1v) is 5.82. The number of nitrogens with one attached hydrogen (secondary N) is 2. The van der Waals surface area contributed by atoms with Crippen molar-refractivity contribution in [3.05, 3.63) is 35.9 Å². The van der Waals surface area contributed by atoms with E-state index in [2.05, 4.69) is 26.3 Å². The predicted octanol–water partition coefficient (Wildman–Crippen LogP) is 2.22. The first-order chi connectivity index (χ1) is 9.20. The Labute approximate surface area is 109 Å². The topological polar surface area (TPSA) is 82.3 Å². The van der Waals surface area contributed by atoms with Crippen molar-refractivity contribution in [2.75, 3.05) is 5.32 Å². The van der Waals surface area contributed by atoms with E-state index < -0.39 is 0 Å². The molecule has 3 aromatic rings. The molecule has 0 spiro atoms. The van der Waals surface area contributed by atoms with E-state index in [4.69, 9.17) is 0 Å². The van der Waals surface area contributed by atoms with Crippen LogP contribution in [0, 0.1) is 18.3 Å². The van der Waals surface area contributed by atoms with E-state index in [0.717, 1.165) is 22.3 Å². The largest absolute Gasteiger partial charge is 0.333 e. The van der Waals surface area contributed by atoms with Gasteiger partial charge in [-0.15, -0.1) is 0 Å². The molecule has 0 aliphatic carbocycles. The van der Waals surface area contributed by atoms with E-state index in [-0.39, 0.29) is 0 Å². The number of nitrogens with zero attached hydrogens (tertiary/aromatic N) is 4. The molecule has 0 bridgehead atoms. The van der Waals surface area contributed by atoms with Crippen LogP contribution in [0.15, 0.2) is 24.8 Å². The van der Waals surface area contributed by atoms with Crippen molar-refractivity contribution < 1.29 is 0 Å². The lowest BCUT2D eigenvalue weighted by Gasteiger charge is -2.09. The van der Waals surface area contributed by atoms with Crippen LogP contribution in [-0.4, -0.2) is 19.5 Å². The van der Waals surface area contributed by atoms with Crippen molar-refractivity contribution in [3.8, 4) is 6.07 Å². The molecule has 0 atom stereocenters.